The van der Waals surface area contributed by atoms with Gasteiger partial charge in [0.05, 0.1) is 11.7 Å². The number of aryl methyl sites for hydroxylation is 1. The summed E-state index contributed by atoms with van der Waals surface area (Å²) in [7, 11) is 0. The zero-order valence-electron chi connectivity index (χ0n) is 23.8. The van der Waals surface area contributed by atoms with Gasteiger partial charge in [-0.3, -0.25) is 9.48 Å². The zero-order chi connectivity index (χ0) is 28.7. The number of rotatable bonds is 9. The van der Waals surface area contributed by atoms with Gasteiger partial charge in [-0.1, -0.05) is 89.1 Å². The fraction of sp³-hybridized carbons (Fsp3) is 0.303. The number of aromatic nitrogens is 3. The topological polar surface area (TPSA) is 90.4 Å². The number of fused-ring (bicyclic) bond motifs is 1. The predicted molar refractivity (Wildman–Crippen MR) is 160 cm³/mol. The second-order valence-corrected chi connectivity index (χ2v) is 9.32. The van der Waals surface area contributed by atoms with Gasteiger partial charge in [0.2, 0.25) is 5.89 Å². The van der Waals surface area contributed by atoms with Gasteiger partial charge in [-0.25, -0.2) is 4.98 Å². The van der Waals surface area contributed by atoms with Gasteiger partial charge in [0, 0.05) is 35.5 Å². The van der Waals surface area contributed by atoms with E-state index >= 15 is 0 Å². The Morgan fingerprint density at radius 3 is 2.15 bits per heavy atom. The molecule has 0 fully saturated rings. The van der Waals surface area contributed by atoms with Crippen LogP contribution in [0.2, 0.25) is 0 Å². The number of ether oxygens (including phenoxy) is 1. The molecule has 5 aromatic rings. The van der Waals surface area contributed by atoms with Gasteiger partial charge in [0.25, 0.3) is 0 Å². The van der Waals surface area contributed by atoms with Crippen molar-refractivity contribution in [3.63, 3.8) is 0 Å². The van der Waals surface area contributed by atoms with Crippen LogP contribution < -0.4 is 4.74 Å². The van der Waals surface area contributed by atoms with E-state index in [1.54, 1.807) is 6.20 Å². The number of aliphatic carboxylic acids is 1. The number of oxazole rings is 1. The number of hydrogen-bond acceptors (Lipinski definition) is 5. The van der Waals surface area contributed by atoms with Crippen LogP contribution in [0.25, 0.3) is 33.7 Å². The Hall–Kier alpha value is -4.39. The summed E-state index contributed by atoms with van der Waals surface area (Å²) in [6.45, 7) is 9.26. The second-order valence-electron chi connectivity index (χ2n) is 9.32. The van der Waals surface area contributed by atoms with Crippen LogP contribution in [0.5, 0.6) is 5.75 Å². The van der Waals surface area contributed by atoms with Crippen molar-refractivity contribution in [2.75, 3.05) is 0 Å². The summed E-state index contributed by atoms with van der Waals surface area (Å²) in [4.78, 5) is 15.6. The standard InChI is InChI=1S/C27H23N3O4.2C3H8/c31-25(32)12-7-15-30-24-16-22(14-13-21(24)17-28-30)33-18-23-26(19-8-3-1-4-9-19)34-27(29-23)20-10-5-2-6-11-20;2*1-3-2/h1-6,8-11,13-14,16-17H,7,12,15,18H2,(H,31,32);2*3H2,1-2H3. The Bertz CT molecular complexity index is 1440. The summed E-state index contributed by atoms with van der Waals surface area (Å²) >= 11 is 0. The number of benzene rings is 3. The Balaban J connectivity index is 0.000000676. The Labute approximate surface area is 236 Å². The zero-order valence-corrected chi connectivity index (χ0v) is 23.8. The van der Waals surface area contributed by atoms with Crippen molar-refractivity contribution in [1.29, 1.82) is 0 Å². The molecule has 0 unspecified atom stereocenters. The van der Waals surface area contributed by atoms with Crippen LogP contribution in [-0.4, -0.2) is 25.8 Å². The van der Waals surface area contributed by atoms with Crippen LogP contribution in [0.4, 0.5) is 0 Å². The third-order valence-corrected chi connectivity index (χ3v) is 5.51. The van der Waals surface area contributed by atoms with E-state index < -0.39 is 5.97 Å². The highest BCUT2D eigenvalue weighted by atomic mass is 16.5. The smallest absolute Gasteiger partial charge is 0.303 e. The van der Waals surface area contributed by atoms with E-state index in [9.17, 15) is 4.79 Å². The first-order valence-corrected chi connectivity index (χ1v) is 13.9. The van der Waals surface area contributed by atoms with Crippen LogP contribution in [0, 0.1) is 0 Å². The largest absolute Gasteiger partial charge is 0.487 e. The summed E-state index contributed by atoms with van der Waals surface area (Å²) in [5.74, 6) is 1.09. The fourth-order valence-electron chi connectivity index (χ4n) is 3.82. The van der Waals surface area contributed by atoms with Crippen molar-refractivity contribution in [1.82, 2.24) is 14.8 Å². The van der Waals surface area contributed by atoms with E-state index in [2.05, 4.69) is 32.8 Å². The highest BCUT2D eigenvalue weighted by Crippen LogP contribution is 2.31. The molecule has 7 heteroatoms. The maximum atomic E-state index is 10.8. The summed E-state index contributed by atoms with van der Waals surface area (Å²) in [6, 6.07) is 25.4. The molecule has 0 aliphatic heterocycles. The molecule has 5 rings (SSSR count). The monoisotopic (exact) mass is 541 g/mol. The quantitative estimate of drug-likeness (QED) is 0.201. The number of carboxylic acids is 1. The molecule has 0 amide bonds. The lowest BCUT2D eigenvalue weighted by atomic mass is 10.1. The maximum Gasteiger partial charge on any atom is 0.303 e. The van der Waals surface area contributed by atoms with E-state index in [1.165, 1.54) is 12.8 Å². The molecule has 2 aromatic heterocycles. The Morgan fingerprint density at radius 2 is 1.52 bits per heavy atom. The van der Waals surface area contributed by atoms with E-state index in [1.807, 2.05) is 83.5 Å². The minimum atomic E-state index is -0.808. The number of carboxylic acid groups (broad SMARTS) is 1. The summed E-state index contributed by atoms with van der Waals surface area (Å²) in [5.41, 5.74) is 3.44. The summed E-state index contributed by atoms with van der Waals surface area (Å²) in [5, 5.41) is 14.2. The van der Waals surface area contributed by atoms with Gasteiger partial charge in [-0.15, -0.1) is 0 Å². The van der Waals surface area contributed by atoms with Crippen LogP contribution in [-0.2, 0) is 17.9 Å². The Morgan fingerprint density at radius 1 is 0.900 bits per heavy atom. The lowest BCUT2D eigenvalue weighted by molar-refractivity contribution is -0.137. The first-order valence-electron chi connectivity index (χ1n) is 13.9. The molecule has 0 radical (unpaired) electrons. The van der Waals surface area contributed by atoms with E-state index in [0.717, 1.165) is 22.0 Å². The molecule has 3 aromatic carbocycles. The molecular weight excluding hydrogens is 502 g/mol. The highest BCUT2D eigenvalue weighted by molar-refractivity contribution is 5.80. The molecule has 40 heavy (non-hydrogen) atoms. The summed E-state index contributed by atoms with van der Waals surface area (Å²) in [6.07, 6.45) is 4.89. The molecule has 0 atom stereocenters. The van der Waals surface area contributed by atoms with Gasteiger partial charge in [0.15, 0.2) is 5.76 Å². The number of hydrogen-bond donors (Lipinski definition) is 1. The fourth-order valence-corrected chi connectivity index (χ4v) is 3.82. The van der Waals surface area contributed by atoms with Crippen molar-refractivity contribution >= 4 is 16.9 Å². The normalized spacial score (nSPS) is 10.3. The van der Waals surface area contributed by atoms with E-state index in [4.69, 9.17) is 19.2 Å². The summed E-state index contributed by atoms with van der Waals surface area (Å²) < 4.78 is 14.1. The van der Waals surface area contributed by atoms with Crippen LogP contribution >= 0.6 is 0 Å². The van der Waals surface area contributed by atoms with Crippen molar-refractivity contribution < 1.29 is 19.1 Å². The SMILES string of the molecule is CCC.CCC.O=C(O)CCCn1ncc2ccc(OCc3nc(-c4ccccc4)oc3-c3ccccc3)cc21. The highest BCUT2D eigenvalue weighted by Gasteiger charge is 2.17. The minimum Gasteiger partial charge on any atom is -0.487 e. The first-order chi connectivity index (χ1) is 19.5. The van der Waals surface area contributed by atoms with Gasteiger partial charge >= 0.3 is 5.97 Å². The minimum absolute atomic E-state index is 0.107. The van der Waals surface area contributed by atoms with Crippen molar-refractivity contribution in [2.45, 2.75) is 66.5 Å². The number of nitrogens with zero attached hydrogens (tertiary/aromatic N) is 3. The number of carbonyl (C=O) groups is 1. The molecule has 0 spiro atoms. The molecule has 7 nitrogen and oxygen atoms in total. The maximum absolute atomic E-state index is 10.8. The lowest BCUT2D eigenvalue weighted by Crippen LogP contribution is -2.03. The second kappa shape index (κ2) is 15.9. The van der Waals surface area contributed by atoms with E-state index in [-0.39, 0.29) is 13.0 Å². The molecule has 0 saturated carbocycles. The third kappa shape index (κ3) is 8.56. The Kier molecular flexibility index (Phi) is 12.0. The van der Waals surface area contributed by atoms with Crippen molar-refractivity contribution in [3.8, 4) is 28.5 Å². The predicted octanol–water partition coefficient (Wildman–Crippen LogP) is 8.63. The molecule has 0 bridgehead atoms. The van der Waals surface area contributed by atoms with Gasteiger partial charge in [0.1, 0.15) is 18.1 Å². The third-order valence-electron chi connectivity index (χ3n) is 5.51. The molecular formula is C33H39N3O4. The van der Waals surface area contributed by atoms with Gasteiger partial charge in [-0.05, 0) is 30.7 Å². The van der Waals surface area contributed by atoms with Crippen molar-refractivity contribution in [2.24, 2.45) is 0 Å². The van der Waals surface area contributed by atoms with Crippen LogP contribution in [0.15, 0.2) is 89.5 Å². The molecule has 0 aliphatic rings. The molecule has 2 heterocycles. The van der Waals surface area contributed by atoms with Crippen LogP contribution in [0.1, 0.15) is 59.1 Å². The molecule has 0 aliphatic carbocycles. The average Bonchev–Trinajstić information content (AvgIpc) is 3.58. The average molecular weight is 542 g/mol. The lowest BCUT2D eigenvalue weighted by Gasteiger charge is -2.07. The molecule has 1 N–H and O–H groups in total. The molecule has 210 valence electrons. The van der Waals surface area contributed by atoms with Gasteiger partial charge in [-0.2, -0.15) is 5.10 Å². The molecule has 0 saturated heterocycles. The van der Waals surface area contributed by atoms with Crippen LogP contribution in [0.3, 0.4) is 0 Å². The van der Waals surface area contributed by atoms with E-state index in [0.29, 0.717) is 36.1 Å². The first kappa shape index (κ1) is 30.2. The van der Waals surface area contributed by atoms with Crippen molar-refractivity contribution in [3.05, 3.63) is 90.8 Å². The van der Waals surface area contributed by atoms with Gasteiger partial charge < -0.3 is 14.3 Å².